The summed E-state index contributed by atoms with van der Waals surface area (Å²) in [4.78, 5) is 53.8. The second-order valence-electron chi connectivity index (χ2n) is 8.31. The molecule has 5 amide bonds. The van der Waals surface area contributed by atoms with Crippen LogP contribution in [0.3, 0.4) is 0 Å². The number of rotatable bonds is 8. The minimum atomic E-state index is -0.582. The summed E-state index contributed by atoms with van der Waals surface area (Å²) >= 11 is 7.43. The van der Waals surface area contributed by atoms with E-state index < -0.39 is 17.3 Å². The second kappa shape index (κ2) is 11.0. The van der Waals surface area contributed by atoms with E-state index in [0.29, 0.717) is 10.7 Å². The number of benzene rings is 2. The lowest BCUT2D eigenvalue weighted by atomic mass is 10.1. The lowest BCUT2D eigenvalue weighted by Gasteiger charge is -2.40. The zero-order chi connectivity index (χ0) is 24.9. The molecule has 0 spiro atoms. The maximum Gasteiger partial charge on any atom is 0.327 e. The summed E-state index contributed by atoms with van der Waals surface area (Å²) in [7, 11) is 0. The molecular formula is C25H25ClN4O4S. The molecule has 2 aliphatic rings. The van der Waals surface area contributed by atoms with Gasteiger partial charge in [0.25, 0.3) is 0 Å². The number of nitrogens with one attached hydrogen (secondary N) is 2. The van der Waals surface area contributed by atoms with Gasteiger partial charge in [0.2, 0.25) is 17.7 Å². The average molecular weight is 513 g/mol. The van der Waals surface area contributed by atoms with E-state index in [1.165, 1.54) is 16.7 Å². The molecule has 4 rings (SSSR count). The third kappa shape index (κ3) is 5.86. The monoisotopic (exact) mass is 512 g/mol. The van der Waals surface area contributed by atoms with Gasteiger partial charge in [-0.3, -0.25) is 19.3 Å². The highest BCUT2D eigenvalue weighted by Crippen LogP contribution is 2.34. The fourth-order valence-corrected chi connectivity index (χ4v) is 5.25. The molecule has 0 aliphatic carbocycles. The van der Waals surface area contributed by atoms with Crippen LogP contribution in [-0.4, -0.2) is 57.9 Å². The normalized spacial score (nSPS) is 19.0. The summed E-state index contributed by atoms with van der Waals surface area (Å²) in [6, 6.07) is 13.4. The van der Waals surface area contributed by atoms with Crippen molar-refractivity contribution in [2.24, 2.45) is 0 Å². The summed E-state index contributed by atoms with van der Waals surface area (Å²) in [5.41, 5.74) is 2.40. The van der Waals surface area contributed by atoms with E-state index in [2.05, 4.69) is 10.6 Å². The third-order valence-corrected chi connectivity index (χ3v) is 7.23. The SMILES string of the molecule is Cc1cccc(NC(=O)CN2C(=O)N(CCC(=O)NCc3ccccc3Cl)C(=O)C3SC=CC32)c1. The number of nitrogens with zero attached hydrogens (tertiary/aromatic N) is 2. The smallest absolute Gasteiger partial charge is 0.327 e. The maximum absolute atomic E-state index is 13.2. The number of urea groups is 1. The highest BCUT2D eigenvalue weighted by molar-refractivity contribution is 8.03. The molecular weight excluding hydrogens is 488 g/mol. The molecule has 35 heavy (non-hydrogen) atoms. The van der Waals surface area contributed by atoms with E-state index in [4.69, 9.17) is 11.6 Å². The second-order valence-corrected chi connectivity index (χ2v) is 9.77. The van der Waals surface area contributed by atoms with Crippen molar-refractivity contribution < 1.29 is 19.2 Å². The minimum Gasteiger partial charge on any atom is -0.352 e. The molecule has 2 heterocycles. The van der Waals surface area contributed by atoms with Gasteiger partial charge in [0.05, 0.1) is 6.04 Å². The van der Waals surface area contributed by atoms with E-state index in [1.54, 1.807) is 29.7 Å². The number of aryl methyl sites for hydroxylation is 1. The summed E-state index contributed by atoms with van der Waals surface area (Å²) in [5.74, 6) is -1.03. The number of carbonyl (C=O) groups is 4. The van der Waals surface area contributed by atoms with Gasteiger partial charge in [-0.1, -0.05) is 48.0 Å². The van der Waals surface area contributed by atoms with Crippen LogP contribution >= 0.6 is 23.4 Å². The van der Waals surface area contributed by atoms with Gasteiger partial charge in [-0.15, -0.1) is 11.8 Å². The minimum absolute atomic E-state index is 0.0548. The summed E-state index contributed by atoms with van der Waals surface area (Å²) in [6.45, 7) is 1.88. The number of carbonyl (C=O) groups excluding carboxylic acids is 4. The molecule has 10 heteroatoms. The fourth-order valence-electron chi connectivity index (χ4n) is 3.99. The third-order valence-electron chi connectivity index (χ3n) is 5.77. The van der Waals surface area contributed by atoms with E-state index >= 15 is 0 Å². The molecule has 0 saturated carbocycles. The molecule has 2 atom stereocenters. The van der Waals surface area contributed by atoms with Gasteiger partial charge in [-0.25, -0.2) is 4.79 Å². The maximum atomic E-state index is 13.2. The Morgan fingerprint density at radius 1 is 1.09 bits per heavy atom. The quantitative estimate of drug-likeness (QED) is 0.563. The van der Waals surface area contributed by atoms with Gasteiger partial charge < -0.3 is 15.5 Å². The van der Waals surface area contributed by atoms with E-state index in [1.807, 2.05) is 37.3 Å². The van der Waals surface area contributed by atoms with Gasteiger partial charge in [0.1, 0.15) is 11.8 Å². The molecule has 2 unspecified atom stereocenters. The van der Waals surface area contributed by atoms with Crippen LogP contribution in [0.5, 0.6) is 0 Å². The highest BCUT2D eigenvalue weighted by atomic mass is 35.5. The number of halogens is 1. The van der Waals surface area contributed by atoms with Crippen molar-refractivity contribution in [3.05, 3.63) is 76.2 Å². The summed E-state index contributed by atoms with van der Waals surface area (Å²) in [6.07, 6.45) is 1.71. The standard InChI is InChI=1S/C25H25ClN4O4S/c1-16-5-4-7-18(13-16)28-22(32)15-30-20-10-12-35-23(20)24(33)29(25(30)34)11-9-21(31)27-14-17-6-2-3-8-19(17)26/h2-8,10,12-13,20,23H,9,11,14-15H2,1H3,(H,27,31)(H,28,32). The van der Waals surface area contributed by atoms with Crippen LogP contribution < -0.4 is 10.6 Å². The van der Waals surface area contributed by atoms with Crippen LogP contribution in [-0.2, 0) is 20.9 Å². The van der Waals surface area contributed by atoms with Crippen molar-refractivity contribution in [2.75, 3.05) is 18.4 Å². The number of imide groups is 1. The van der Waals surface area contributed by atoms with Crippen LogP contribution in [0.1, 0.15) is 17.5 Å². The molecule has 2 N–H and O–H groups in total. The first kappa shape index (κ1) is 24.8. The Hall–Kier alpha value is -3.30. The van der Waals surface area contributed by atoms with Crippen molar-refractivity contribution in [2.45, 2.75) is 31.2 Å². The summed E-state index contributed by atoms with van der Waals surface area (Å²) in [5, 5.41) is 7.34. The summed E-state index contributed by atoms with van der Waals surface area (Å²) < 4.78 is 0. The number of anilines is 1. The molecule has 2 aromatic rings. The first-order chi connectivity index (χ1) is 16.8. The van der Waals surface area contributed by atoms with Gasteiger partial charge in [-0.2, -0.15) is 0 Å². The number of hydrogen-bond donors (Lipinski definition) is 2. The molecule has 1 saturated heterocycles. The number of amides is 5. The zero-order valence-electron chi connectivity index (χ0n) is 19.1. The van der Waals surface area contributed by atoms with E-state index in [9.17, 15) is 19.2 Å². The van der Waals surface area contributed by atoms with Crippen LogP contribution in [0.2, 0.25) is 5.02 Å². The Morgan fingerprint density at radius 3 is 2.66 bits per heavy atom. The molecule has 8 nitrogen and oxygen atoms in total. The van der Waals surface area contributed by atoms with Gasteiger partial charge in [-0.05, 0) is 41.7 Å². The van der Waals surface area contributed by atoms with Gasteiger partial charge in [0, 0.05) is 30.2 Å². The Kier molecular flexibility index (Phi) is 7.77. The molecule has 182 valence electrons. The van der Waals surface area contributed by atoms with Crippen LogP contribution in [0.25, 0.3) is 0 Å². The van der Waals surface area contributed by atoms with E-state index in [-0.39, 0.29) is 43.8 Å². The predicted molar refractivity (Wildman–Crippen MR) is 136 cm³/mol. The van der Waals surface area contributed by atoms with Crippen molar-refractivity contribution in [1.29, 1.82) is 0 Å². The molecule has 0 bridgehead atoms. The average Bonchev–Trinajstić information content (AvgIpc) is 3.31. The number of hydrogen-bond acceptors (Lipinski definition) is 5. The van der Waals surface area contributed by atoms with Gasteiger partial charge in [0.15, 0.2) is 0 Å². The molecule has 1 fully saturated rings. The van der Waals surface area contributed by atoms with Crippen LogP contribution in [0.15, 0.2) is 60.0 Å². The lowest BCUT2D eigenvalue weighted by molar-refractivity contribution is -0.133. The Morgan fingerprint density at radius 2 is 1.89 bits per heavy atom. The van der Waals surface area contributed by atoms with Crippen molar-refractivity contribution >= 4 is 52.8 Å². The largest absolute Gasteiger partial charge is 0.352 e. The molecule has 0 radical (unpaired) electrons. The topological polar surface area (TPSA) is 98.8 Å². The first-order valence-corrected chi connectivity index (χ1v) is 12.5. The van der Waals surface area contributed by atoms with Crippen LogP contribution in [0.4, 0.5) is 10.5 Å². The van der Waals surface area contributed by atoms with Crippen molar-refractivity contribution in [1.82, 2.24) is 15.1 Å². The van der Waals surface area contributed by atoms with Crippen LogP contribution in [0, 0.1) is 6.92 Å². The zero-order valence-corrected chi connectivity index (χ0v) is 20.6. The highest BCUT2D eigenvalue weighted by Gasteiger charge is 2.47. The van der Waals surface area contributed by atoms with Crippen molar-refractivity contribution in [3.63, 3.8) is 0 Å². The first-order valence-electron chi connectivity index (χ1n) is 11.1. The lowest BCUT2D eigenvalue weighted by Crippen LogP contribution is -2.63. The Bertz CT molecular complexity index is 1190. The Balaban J connectivity index is 1.38. The van der Waals surface area contributed by atoms with Gasteiger partial charge >= 0.3 is 6.03 Å². The molecule has 2 aromatic carbocycles. The number of thioether (sulfide) groups is 1. The van der Waals surface area contributed by atoms with E-state index in [0.717, 1.165) is 16.0 Å². The number of fused-ring (bicyclic) bond motifs is 1. The fraction of sp³-hybridized carbons (Fsp3) is 0.280. The Labute approximate surface area is 212 Å². The predicted octanol–water partition coefficient (Wildman–Crippen LogP) is 3.56. The van der Waals surface area contributed by atoms with Crippen molar-refractivity contribution in [3.8, 4) is 0 Å². The molecule has 0 aromatic heterocycles. The molecule has 2 aliphatic heterocycles.